The molecule has 1 unspecified atom stereocenters. The summed E-state index contributed by atoms with van der Waals surface area (Å²) in [6.45, 7) is 3.57. The number of nitro benzene ring substituents is 1. The third-order valence-corrected chi connectivity index (χ3v) is 3.50. The van der Waals surface area contributed by atoms with E-state index in [0.29, 0.717) is 17.7 Å². The van der Waals surface area contributed by atoms with Gasteiger partial charge in [0, 0.05) is 12.5 Å². The fraction of sp³-hybridized carbons (Fsp3) is 0.500. The zero-order valence-electron chi connectivity index (χ0n) is 12.6. The Labute approximate surface area is 123 Å². The minimum atomic E-state index is -0.858. The van der Waals surface area contributed by atoms with Gasteiger partial charge in [0.15, 0.2) is 0 Å². The lowest BCUT2D eigenvalue weighted by Gasteiger charge is -2.26. The second-order valence-electron chi connectivity index (χ2n) is 4.83. The number of nitro groups is 1. The number of benzene rings is 1. The average molecular weight is 296 g/mol. The van der Waals surface area contributed by atoms with Gasteiger partial charge < -0.3 is 14.8 Å². The number of hydrogen-bond acceptors (Lipinski definition) is 6. The van der Waals surface area contributed by atoms with Crippen molar-refractivity contribution < 1.29 is 19.2 Å². The van der Waals surface area contributed by atoms with Crippen LogP contribution in [0.25, 0.3) is 0 Å². The molecule has 0 aromatic heterocycles. The third-order valence-electron chi connectivity index (χ3n) is 3.50. The van der Waals surface area contributed by atoms with Crippen LogP contribution in [-0.2, 0) is 9.53 Å². The first-order valence-electron chi connectivity index (χ1n) is 6.50. The van der Waals surface area contributed by atoms with E-state index in [1.807, 2.05) is 0 Å². The van der Waals surface area contributed by atoms with E-state index in [1.54, 1.807) is 33.0 Å². The molecule has 1 aromatic carbocycles. The molecule has 0 aliphatic heterocycles. The Morgan fingerprint density at radius 3 is 2.67 bits per heavy atom. The summed E-state index contributed by atoms with van der Waals surface area (Å²) in [5.41, 5.74) is -0.382. The van der Waals surface area contributed by atoms with E-state index < -0.39 is 10.5 Å². The van der Waals surface area contributed by atoms with E-state index in [4.69, 9.17) is 9.47 Å². The zero-order chi connectivity index (χ0) is 16.0. The van der Waals surface area contributed by atoms with Crippen LogP contribution in [0.2, 0.25) is 0 Å². The van der Waals surface area contributed by atoms with Crippen molar-refractivity contribution >= 4 is 11.7 Å². The monoisotopic (exact) mass is 296 g/mol. The summed E-state index contributed by atoms with van der Waals surface area (Å²) >= 11 is 0. The number of carbonyl (C=O) groups is 1. The molecule has 0 heterocycles. The van der Waals surface area contributed by atoms with E-state index in [1.165, 1.54) is 13.2 Å². The number of nitrogens with one attached hydrogen (secondary N) is 1. The minimum absolute atomic E-state index is 0.0110. The molecule has 1 rings (SSSR count). The van der Waals surface area contributed by atoms with Crippen LogP contribution in [0.15, 0.2) is 18.2 Å². The molecular weight excluding hydrogens is 276 g/mol. The van der Waals surface area contributed by atoms with Crippen LogP contribution < -0.4 is 10.1 Å². The molecule has 0 bridgehead atoms. The standard InChI is InChI=1S/C14H20N2O5/c1-10-11(16(18)19)6-5-7-12(10)21-9-8-14(2,15-3)13(17)20-4/h5-7,15H,8-9H2,1-4H3. The summed E-state index contributed by atoms with van der Waals surface area (Å²) in [6, 6.07) is 4.66. The molecule has 0 saturated carbocycles. The molecule has 1 aromatic rings. The maximum absolute atomic E-state index is 11.7. The molecule has 21 heavy (non-hydrogen) atoms. The highest BCUT2D eigenvalue weighted by molar-refractivity contribution is 5.80. The molecule has 0 fully saturated rings. The first-order valence-corrected chi connectivity index (χ1v) is 6.50. The van der Waals surface area contributed by atoms with Crippen molar-refractivity contribution in [3.05, 3.63) is 33.9 Å². The van der Waals surface area contributed by atoms with Gasteiger partial charge in [0.1, 0.15) is 11.3 Å². The number of hydrogen-bond donors (Lipinski definition) is 1. The summed E-state index contributed by atoms with van der Waals surface area (Å²) in [4.78, 5) is 22.1. The maximum atomic E-state index is 11.7. The lowest BCUT2D eigenvalue weighted by molar-refractivity contribution is -0.385. The Bertz CT molecular complexity index is 532. The van der Waals surface area contributed by atoms with Crippen molar-refractivity contribution in [3.63, 3.8) is 0 Å². The Kier molecular flexibility index (Phi) is 5.66. The Balaban J connectivity index is 2.74. The molecule has 116 valence electrons. The van der Waals surface area contributed by atoms with Gasteiger partial charge in [-0.25, -0.2) is 0 Å². The topological polar surface area (TPSA) is 90.7 Å². The molecule has 0 aliphatic rings. The van der Waals surface area contributed by atoms with E-state index >= 15 is 0 Å². The second kappa shape index (κ2) is 7.03. The van der Waals surface area contributed by atoms with Gasteiger partial charge in [-0.2, -0.15) is 0 Å². The summed E-state index contributed by atoms with van der Waals surface area (Å²) in [7, 11) is 2.99. The average Bonchev–Trinajstić information content (AvgIpc) is 2.47. The van der Waals surface area contributed by atoms with Crippen molar-refractivity contribution in [2.45, 2.75) is 25.8 Å². The summed E-state index contributed by atoms with van der Waals surface area (Å²) in [5, 5.41) is 13.8. The van der Waals surface area contributed by atoms with Gasteiger partial charge in [0.25, 0.3) is 5.69 Å². The number of nitrogens with zero attached hydrogens (tertiary/aromatic N) is 1. The number of carbonyl (C=O) groups excluding carboxylic acids is 1. The van der Waals surface area contributed by atoms with Crippen LogP contribution in [0.3, 0.4) is 0 Å². The van der Waals surface area contributed by atoms with E-state index in [-0.39, 0.29) is 18.3 Å². The van der Waals surface area contributed by atoms with Crippen LogP contribution in [-0.4, -0.2) is 37.2 Å². The molecule has 1 atom stereocenters. The lowest BCUT2D eigenvalue weighted by Crippen LogP contribution is -2.49. The van der Waals surface area contributed by atoms with Crippen molar-refractivity contribution in [3.8, 4) is 5.75 Å². The molecule has 0 radical (unpaired) electrons. The van der Waals surface area contributed by atoms with Crippen molar-refractivity contribution in [1.29, 1.82) is 0 Å². The van der Waals surface area contributed by atoms with Gasteiger partial charge in [-0.1, -0.05) is 6.07 Å². The largest absolute Gasteiger partial charge is 0.493 e. The highest BCUT2D eigenvalue weighted by Gasteiger charge is 2.32. The van der Waals surface area contributed by atoms with Gasteiger partial charge in [-0.15, -0.1) is 0 Å². The molecule has 1 N–H and O–H groups in total. The molecular formula is C14H20N2O5. The van der Waals surface area contributed by atoms with Crippen LogP contribution in [0.4, 0.5) is 5.69 Å². The summed E-state index contributed by atoms with van der Waals surface area (Å²) in [6.07, 6.45) is 0.373. The lowest BCUT2D eigenvalue weighted by atomic mass is 9.99. The molecule has 0 spiro atoms. The van der Waals surface area contributed by atoms with E-state index in [0.717, 1.165) is 0 Å². The first-order chi connectivity index (χ1) is 9.85. The van der Waals surface area contributed by atoms with Gasteiger partial charge in [-0.05, 0) is 27.0 Å². The van der Waals surface area contributed by atoms with Crippen LogP contribution >= 0.6 is 0 Å². The number of methoxy groups -OCH3 is 1. The van der Waals surface area contributed by atoms with Crippen molar-refractivity contribution in [2.24, 2.45) is 0 Å². The van der Waals surface area contributed by atoms with Gasteiger partial charge in [-0.3, -0.25) is 14.9 Å². The van der Waals surface area contributed by atoms with Crippen LogP contribution in [0, 0.1) is 17.0 Å². The summed E-state index contributed by atoms with van der Waals surface area (Å²) in [5.74, 6) is 0.0527. The zero-order valence-corrected chi connectivity index (χ0v) is 12.6. The molecule has 0 amide bonds. The Hall–Kier alpha value is -2.15. The molecule has 0 saturated heterocycles. The van der Waals surface area contributed by atoms with E-state index in [2.05, 4.69) is 5.32 Å². The summed E-state index contributed by atoms with van der Waals surface area (Å²) < 4.78 is 10.3. The highest BCUT2D eigenvalue weighted by Crippen LogP contribution is 2.27. The fourth-order valence-electron chi connectivity index (χ4n) is 1.88. The van der Waals surface area contributed by atoms with Crippen LogP contribution in [0.1, 0.15) is 18.9 Å². The van der Waals surface area contributed by atoms with Crippen LogP contribution in [0.5, 0.6) is 5.75 Å². The second-order valence-corrected chi connectivity index (χ2v) is 4.83. The Morgan fingerprint density at radius 2 is 2.14 bits per heavy atom. The van der Waals surface area contributed by atoms with Crippen molar-refractivity contribution in [1.82, 2.24) is 5.32 Å². The Morgan fingerprint density at radius 1 is 1.48 bits per heavy atom. The molecule has 7 heteroatoms. The number of likely N-dealkylation sites (N-methyl/N-ethyl adjacent to an activating group) is 1. The van der Waals surface area contributed by atoms with Gasteiger partial charge in [0.2, 0.25) is 0 Å². The SMILES string of the molecule is CNC(C)(CCOc1cccc([N+](=O)[O-])c1C)C(=O)OC. The number of esters is 1. The van der Waals surface area contributed by atoms with Gasteiger partial charge in [0.05, 0.1) is 24.2 Å². The quantitative estimate of drug-likeness (QED) is 0.469. The van der Waals surface area contributed by atoms with Gasteiger partial charge >= 0.3 is 5.97 Å². The highest BCUT2D eigenvalue weighted by atomic mass is 16.6. The smallest absolute Gasteiger partial charge is 0.325 e. The predicted octanol–water partition coefficient (Wildman–Crippen LogP) is 1.82. The maximum Gasteiger partial charge on any atom is 0.325 e. The number of rotatable bonds is 7. The molecule has 0 aliphatic carbocycles. The molecule has 7 nitrogen and oxygen atoms in total. The minimum Gasteiger partial charge on any atom is -0.493 e. The normalized spacial score (nSPS) is 13.3. The van der Waals surface area contributed by atoms with E-state index in [9.17, 15) is 14.9 Å². The first kappa shape index (κ1) is 16.9. The fourth-order valence-corrected chi connectivity index (χ4v) is 1.88. The van der Waals surface area contributed by atoms with Crippen molar-refractivity contribution in [2.75, 3.05) is 20.8 Å². The number of ether oxygens (including phenoxy) is 2. The predicted molar refractivity (Wildman–Crippen MR) is 77.4 cm³/mol. The third kappa shape index (κ3) is 3.91.